The Labute approximate surface area is 208 Å². The first-order valence-corrected chi connectivity index (χ1v) is 12.3. The summed E-state index contributed by atoms with van der Waals surface area (Å²) in [6, 6.07) is 23.1. The minimum Gasteiger partial charge on any atom is -0.497 e. The molecule has 1 N–H and O–H groups in total. The van der Waals surface area contributed by atoms with Crippen LogP contribution in [0.15, 0.2) is 78.9 Å². The van der Waals surface area contributed by atoms with E-state index in [1.165, 1.54) is 6.08 Å². The van der Waals surface area contributed by atoms with Gasteiger partial charge >= 0.3 is 5.97 Å². The third-order valence-electron chi connectivity index (χ3n) is 6.39. The number of ether oxygens (including phenoxy) is 1. The summed E-state index contributed by atoms with van der Waals surface area (Å²) >= 11 is 0. The van der Waals surface area contributed by atoms with Gasteiger partial charge in [0, 0.05) is 17.2 Å². The van der Waals surface area contributed by atoms with Gasteiger partial charge in [0.1, 0.15) is 5.75 Å². The number of carboxylic acids is 1. The van der Waals surface area contributed by atoms with Gasteiger partial charge < -0.3 is 9.84 Å². The summed E-state index contributed by atoms with van der Waals surface area (Å²) in [5.74, 6) is 0.383. The van der Waals surface area contributed by atoms with Gasteiger partial charge in [0.25, 0.3) is 0 Å². The minimum atomic E-state index is -0.959. The molecule has 0 saturated heterocycles. The molecule has 0 aliphatic heterocycles. The first kappa shape index (κ1) is 26.0. The van der Waals surface area contributed by atoms with Crippen molar-refractivity contribution in [3.05, 3.63) is 107 Å². The van der Waals surface area contributed by atoms with Crippen LogP contribution in [0.2, 0.25) is 0 Å². The molecule has 0 fully saturated rings. The third kappa shape index (κ3) is 7.68. The fraction of sp³-hybridized carbons (Fsp3) is 0.290. The number of ketones is 1. The van der Waals surface area contributed by atoms with Gasteiger partial charge in [0.05, 0.1) is 7.11 Å². The van der Waals surface area contributed by atoms with Crippen LogP contribution in [0.5, 0.6) is 5.75 Å². The molecule has 3 aromatic rings. The fourth-order valence-electron chi connectivity index (χ4n) is 4.51. The van der Waals surface area contributed by atoms with Crippen LogP contribution in [0, 0.1) is 5.92 Å². The molecule has 4 nitrogen and oxygen atoms in total. The van der Waals surface area contributed by atoms with Crippen molar-refractivity contribution in [1.29, 1.82) is 0 Å². The second-order valence-electron chi connectivity index (χ2n) is 8.82. The average Bonchev–Trinajstić information content (AvgIpc) is 2.89. The quantitative estimate of drug-likeness (QED) is 0.216. The highest BCUT2D eigenvalue weighted by molar-refractivity contribution is 6.09. The molecule has 0 saturated carbocycles. The van der Waals surface area contributed by atoms with Crippen molar-refractivity contribution in [3.63, 3.8) is 0 Å². The summed E-state index contributed by atoms with van der Waals surface area (Å²) in [4.78, 5) is 24.1. The topological polar surface area (TPSA) is 63.6 Å². The van der Waals surface area contributed by atoms with E-state index < -0.39 is 5.97 Å². The van der Waals surface area contributed by atoms with E-state index >= 15 is 0 Å². The van der Waals surface area contributed by atoms with Gasteiger partial charge in [0.15, 0.2) is 5.78 Å². The molecular formula is C31H34O4. The van der Waals surface area contributed by atoms with Crippen molar-refractivity contribution in [2.24, 2.45) is 5.92 Å². The van der Waals surface area contributed by atoms with E-state index in [0.29, 0.717) is 11.5 Å². The Morgan fingerprint density at radius 3 is 2.26 bits per heavy atom. The SMILES string of the molecule is CCCC(CCc1cc(OC)ccc1C=CC(=O)O)CCc1ccccc1C(=O)c1ccccc1. The Balaban J connectivity index is 1.72. The zero-order valence-electron chi connectivity index (χ0n) is 20.6. The lowest BCUT2D eigenvalue weighted by atomic mass is 9.87. The van der Waals surface area contributed by atoms with Gasteiger partial charge in [-0.3, -0.25) is 4.79 Å². The van der Waals surface area contributed by atoms with Crippen LogP contribution in [0.3, 0.4) is 0 Å². The molecule has 0 bridgehead atoms. The van der Waals surface area contributed by atoms with Crippen molar-refractivity contribution in [1.82, 2.24) is 0 Å². The maximum atomic E-state index is 13.1. The molecule has 0 heterocycles. The van der Waals surface area contributed by atoms with Crippen LogP contribution in [-0.2, 0) is 17.6 Å². The predicted octanol–water partition coefficient (Wildman–Crippen LogP) is 7.01. The van der Waals surface area contributed by atoms with Crippen LogP contribution in [0.25, 0.3) is 6.08 Å². The molecule has 0 spiro atoms. The van der Waals surface area contributed by atoms with Gasteiger partial charge in [-0.05, 0) is 66.5 Å². The van der Waals surface area contributed by atoms with Crippen molar-refractivity contribution in [3.8, 4) is 5.75 Å². The fourth-order valence-corrected chi connectivity index (χ4v) is 4.51. The average molecular weight is 471 g/mol. The number of carboxylic acid groups (broad SMARTS) is 1. The van der Waals surface area contributed by atoms with Crippen LogP contribution < -0.4 is 4.74 Å². The second-order valence-corrected chi connectivity index (χ2v) is 8.82. The van der Waals surface area contributed by atoms with E-state index in [0.717, 1.165) is 66.5 Å². The molecule has 0 aliphatic carbocycles. The van der Waals surface area contributed by atoms with Crippen LogP contribution in [0.4, 0.5) is 0 Å². The molecule has 0 aliphatic rings. The lowest BCUT2D eigenvalue weighted by Gasteiger charge is -2.18. The minimum absolute atomic E-state index is 0.0690. The first-order chi connectivity index (χ1) is 17.0. The maximum absolute atomic E-state index is 13.1. The highest BCUT2D eigenvalue weighted by atomic mass is 16.5. The monoisotopic (exact) mass is 470 g/mol. The summed E-state index contributed by atoms with van der Waals surface area (Å²) < 4.78 is 5.39. The molecule has 0 aromatic heterocycles. The molecule has 1 unspecified atom stereocenters. The standard InChI is InChI=1S/C31H34O4/c1-3-9-23(15-17-27-22-28(35-2)20-18-24(27)19-21-30(32)33)14-16-25-10-7-8-13-29(25)31(34)26-11-5-4-6-12-26/h4-8,10-13,18-23H,3,9,14-17H2,1-2H3,(H,32,33). The molecule has 4 heteroatoms. The lowest BCUT2D eigenvalue weighted by Crippen LogP contribution is -2.09. The molecule has 1 atom stereocenters. The van der Waals surface area contributed by atoms with E-state index in [4.69, 9.17) is 9.84 Å². The van der Waals surface area contributed by atoms with Gasteiger partial charge in [0.2, 0.25) is 0 Å². The van der Waals surface area contributed by atoms with Crippen LogP contribution >= 0.6 is 0 Å². The molecule has 3 rings (SSSR count). The highest BCUT2D eigenvalue weighted by Gasteiger charge is 2.16. The van der Waals surface area contributed by atoms with E-state index in [1.807, 2.05) is 66.7 Å². The molecular weight excluding hydrogens is 436 g/mol. The molecule has 3 aromatic carbocycles. The third-order valence-corrected chi connectivity index (χ3v) is 6.39. The van der Waals surface area contributed by atoms with Crippen LogP contribution in [-0.4, -0.2) is 24.0 Å². The number of carbonyl (C=O) groups is 2. The molecule has 0 radical (unpaired) electrons. The number of rotatable bonds is 13. The molecule has 35 heavy (non-hydrogen) atoms. The van der Waals surface area contributed by atoms with Crippen molar-refractivity contribution in [2.75, 3.05) is 7.11 Å². The number of hydrogen-bond acceptors (Lipinski definition) is 3. The van der Waals surface area contributed by atoms with Crippen LogP contribution in [0.1, 0.15) is 65.2 Å². The number of benzene rings is 3. The smallest absolute Gasteiger partial charge is 0.328 e. The second kappa shape index (κ2) is 13.3. The summed E-state index contributed by atoms with van der Waals surface area (Å²) in [5.41, 5.74) is 4.58. The van der Waals surface area contributed by atoms with Gasteiger partial charge in [-0.25, -0.2) is 4.79 Å². The Hall–Kier alpha value is -3.66. The lowest BCUT2D eigenvalue weighted by molar-refractivity contribution is -0.131. The Morgan fingerprint density at radius 2 is 1.57 bits per heavy atom. The summed E-state index contributed by atoms with van der Waals surface area (Å²) in [7, 11) is 1.64. The number of carbonyl (C=O) groups excluding carboxylic acids is 1. The Morgan fingerprint density at radius 1 is 0.886 bits per heavy atom. The van der Waals surface area contributed by atoms with Crippen molar-refractivity contribution in [2.45, 2.75) is 45.4 Å². The first-order valence-electron chi connectivity index (χ1n) is 12.3. The van der Waals surface area contributed by atoms with Crippen molar-refractivity contribution < 1.29 is 19.4 Å². The number of hydrogen-bond donors (Lipinski definition) is 1. The summed E-state index contributed by atoms with van der Waals surface area (Å²) in [5, 5.41) is 9.03. The van der Waals surface area contributed by atoms with E-state index in [1.54, 1.807) is 13.2 Å². The number of methoxy groups -OCH3 is 1. The van der Waals surface area contributed by atoms with Crippen molar-refractivity contribution >= 4 is 17.8 Å². The molecule has 0 amide bonds. The number of aliphatic carboxylic acids is 1. The highest BCUT2D eigenvalue weighted by Crippen LogP contribution is 2.26. The normalized spacial score (nSPS) is 11.9. The van der Waals surface area contributed by atoms with E-state index in [-0.39, 0.29) is 5.78 Å². The van der Waals surface area contributed by atoms with E-state index in [9.17, 15) is 9.59 Å². The Bertz CT molecular complexity index is 1150. The molecule has 182 valence electrons. The summed E-state index contributed by atoms with van der Waals surface area (Å²) in [6.07, 6.45) is 8.71. The van der Waals surface area contributed by atoms with Gasteiger partial charge in [-0.15, -0.1) is 0 Å². The maximum Gasteiger partial charge on any atom is 0.328 e. The van der Waals surface area contributed by atoms with E-state index in [2.05, 4.69) is 13.0 Å². The zero-order chi connectivity index (χ0) is 25.0. The summed E-state index contributed by atoms with van der Waals surface area (Å²) in [6.45, 7) is 2.20. The predicted molar refractivity (Wildman–Crippen MR) is 141 cm³/mol. The Kier molecular flexibility index (Phi) is 9.85. The largest absolute Gasteiger partial charge is 0.497 e. The van der Waals surface area contributed by atoms with Gasteiger partial charge in [-0.2, -0.15) is 0 Å². The number of aryl methyl sites for hydroxylation is 2. The van der Waals surface area contributed by atoms with Gasteiger partial charge in [-0.1, -0.05) is 80.4 Å². The zero-order valence-corrected chi connectivity index (χ0v) is 20.6.